The monoisotopic (exact) mass is 347 g/mol. The Morgan fingerprint density at radius 3 is 2.58 bits per heavy atom. The second-order valence-corrected chi connectivity index (χ2v) is 6.32. The summed E-state index contributed by atoms with van der Waals surface area (Å²) in [7, 11) is 1.97. The highest BCUT2D eigenvalue weighted by Crippen LogP contribution is 2.31. The summed E-state index contributed by atoms with van der Waals surface area (Å²) in [6.45, 7) is 6.02. The van der Waals surface area contributed by atoms with Crippen LogP contribution >= 0.6 is 0 Å². The quantitative estimate of drug-likeness (QED) is 0.519. The molecule has 2 heterocycles. The van der Waals surface area contributed by atoms with Gasteiger partial charge in [-0.25, -0.2) is 9.78 Å². The minimum absolute atomic E-state index is 0.365. The molecule has 2 aromatic carbocycles. The maximum absolute atomic E-state index is 12.2. The third-order valence-electron chi connectivity index (χ3n) is 4.88. The molecule has 132 valence electrons. The van der Waals surface area contributed by atoms with Crippen LogP contribution in [-0.2, 0) is 7.05 Å². The molecule has 0 unspecified atom stereocenters. The van der Waals surface area contributed by atoms with Gasteiger partial charge in [-0.2, -0.15) is 0 Å². The molecule has 0 radical (unpaired) electrons. The molecule has 4 aromatic rings. The largest absolute Gasteiger partial charge is 0.423 e. The van der Waals surface area contributed by atoms with Crippen LogP contribution < -0.4 is 10.5 Å². The highest BCUT2D eigenvalue weighted by molar-refractivity contribution is 5.95. The normalized spacial score (nSPS) is 11.3. The van der Waals surface area contributed by atoms with Crippen LogP contribution in [0.1, 0.15) is 13.8 Å². The Bertz CT molecular complexity index is 1150. The van der Waals surface area contributed by atoms with E-state index in [4.69, 9.17) is 9.40 Å². The Hall–Kier alpha value is -3.08. The smallest absolute Gasteiger partial charge is 0.336 e. The standard InChI is InChI=1S/C21H21N3O2/c1-4-24(5-2)14-10-11-15-16(13-20(25)26-19(15)12-14)21-22-17-8-6-7-9-18(17)23(21)3/h6-13H,4-5H2,1-3H3. The highest BCUT2D eigenvalue weighted by Gasteiger charge is 2.15. The summed E-state index contributed by atoms with van der Waals surface area (Å²) in [5.41, 5.74) is 4.00. The van der Waals surface area contributed by atoms with E-state index in [1.165, 1.54) is 6.07 Å². The van der Waals surface area contributed by atoms with E-state index in [2.05, 4.69) is 24.8 Å². The molecule has 0 aliphatic heterocycles. The number of imidazole rings is 1. The molecule has 0 saturated carbocycles. The fourth-order valence-electron chi connectivity index (χ4n) is 3.51. The van der Waals surface area contributed by atoms with Crippen molar-refractivity contribution in [2.24, 2.45) is 7.05 Å². The van der Waals surface area contributed by atoms with Gasteiger partial charge in [-0.05, 0) is 38.1 Å². The van der Waals surface area contributed by atoms with Crippen molar-refractivity contribution in [3.63, 3.8) is 0 Å². The summed E-state index contributed by atoms with van der Waals surface area (Å²) in [6.07, 6.45) is 0. The van der Waals surface area contributed by atoms with E-state index in [1.54, 1.807) is 0 Å². The van der Waals surface area contributed by atoms with Gasteiger partial charge in [-0.15, -0.1) is 0 Å². The molecule has 0 amide bonds. The van der Waals surface area contributed by atoms with Gasteiger partial charge in [0.15, 0.2) is 0 Å². The first-order valence-corrected chi connectivity index (χ1v) is 8.87. The lowest BCUT2D eigenvalue weighted by Gasteiger charge is -2.21. The number of aromatic nitrogens is 2. The fourth-order valence-corrected chi connectivity index (χ4v) is 3.51. The van der Waals surface area contributed by atoms with E-state index in [0.717, 1.165) is 46.6 Å². The number of anilines is 1. The number of hydrogen-bond acceptors (Lipinski definition) is 4. The second kappa shape index (κ2) is 6.33. The SMILES string of the molecule is CCN(CC)c1ccc2c(-c3nc4ccccc4n3C)cc(=O)oc2c1. The van der Waals surface area contributed by atoms with Gasteiger partial charge in [0.25, 0.3) is 0 Å². The van der Waals surface area contributed by atoms with Crippen LogP contribution in [0.5, 0.6) is 0 Å². The molecule has 26 heavy (non-hydrogen) atoms. The van der Waals surface area contributed by atoms with Gasteiger partial charge in [0.1, 0.15) is 11.4 Å². The van der Waals surface area contributed by atoms with Crippen LogP contribution in [0.15, 0.2) is 57.7 Å². The van der Waals surface area contributed by atoms with Crippen LogP contribution in [-0.4, -0.2) is 22.6 Å². The number of fused-ring (bicyclic) bond motifs is 2. The van der Waals surface area contributed by atoms with E-state index in [9.17, 15) is 4.79 Å². The van der Waals surface area contributed by atoms with Gasteiger partial charge < -0.3 is 13.9 Å². The average molecular weight is 347 g/mol. The van der Waals surface area contributed by atoms with E-state index in [-0.39, 0.29) is 5.63 Å². The molecule has 2 aromatic heterocycles. The van der Waals surface area contributed by atoms with Gasteiger partial charge in [0.05, 0.1) is 11.0 Å². The molecule has 0 fully saturated rings. The Kier molecular flexibility index (Phi) is 3.99. The summed E-state index contributed by atoms with van der Waals surface area (Å²) in [5, 5.41) is 0.888. The topological polar surface area (TPSA) is 51.3 Å². The Labute approximate surface area is 151 Å². The van der Waals surface area contributed by atoms with Gasteiger partial charge in [0, 0.05) is 48.9 Å². The zero-order valence-corrected chi connectivity index (χ0v) is 15.2. The van der Waals surface area contributed by atoms with Gasteiger partial charge >= 0.3 is 5.63 Å². The maximum atomic E-state index is 12.2. The van der Waals surface area contributed by atoms with Crippen LogP contribution in [0, 0.1) is 0 Å². The predicted octanol–water partition coefficient (Wildman–Crippen LogP) is 4.19. The lowest BCUT2D eigenvalue weighted by atomic mass is 10.1. The lowest BCUT2D eigenvalue weighted by Crippen LogP contribution is -2.21. The van der Waals surface area contributed by atoms with Crippen molar-refractivity contribution >= 4 is 27.7 Å². The molecule has 0 spiro atoms. The zero-order valence-electron chi connectivity index (χ0n) is 15.2. The molecule has 0 aliphatic carbocycles. The van der Waals surface area contributed by atoms with Crippen molar-refractivity contribution in [3.8, 4) is 11.4 Å². The summed E-state index contributed by atoms with van der Waals surface area (Å²) in [4.78, 5) is 19.2. The number of para-hydroxylation sites is 2. The van der Waals surface area contributed by atoms with Crippen molar-refractivity contribution in [1.82, 2.24) is 9.55 Å². The van der Waals surface area contributed by atoms with Gasteiger partial charge in [-0.1, -0.05) is 12.1 Å². The number of rotatable bonds is 4. The van der Waals surface area contributed by atoms with Gasteiger partial charge in [0.2, 0.25) is 0 Å². The molecule has 0 saturated heterocycles. The van der Waals surface area contributed by atoms with E-state index >= 15 is 0 Å². The Balaban J connectivity index is 1.97. The van der Waals surface area contributed by atoms with E-state index in [0.29, 0.717) is 5.58 Å². The molecular formula is C21H21N3O2. The molecule has 5 nitrogen and oxygen atoms in total. The minimum atomic E-state index is -0.365. The first-order chi connectivity index (χ1) is 12.6. The first kappa shape index (κ1) is 16.4. The molecule has 0 bridgehead atoms. The zero-order chi connectivity index (χ0) is 18.3. The number of nitrogens with zero attached hydrogens (tertiary/aromatic N) is 3. The minimum Gasteiger partial charge on any atom is -0.423 e. The Morgan fingerprint density at radius 2 is 1.85 bits per heavy atom. The van der Waals surface area contributed by atoms with Crippen LogP contribution in [0.3, 0.4) is 0 Å². The summed E-state index contributed by atoms with van der Waals surface area (Å²) < 4.78 is 7.51. The van der Waals surface area contributed by atoms with Crippen molar-refractivity contribution < 1.29 is 4.42 Å². The van der Waals surface area contributed by atoms with Crippen molar-refractivity contribution in [2.75, 3.05) is 18.0 Å². The lowest BCUT2D eigenvalue weighted by molar-refractivity contribution is 0.561. The van der Waals surface area contributed by atoms with E-state index < -0.39 is 0 Å². The highest BCUT2D eigenvalue weighted by atomic mass is 16.4. The van der Waals surface area contributed by atoms with Crippen molar-refractivity contribution in [2.45, 2.75) is 13.8 Å². The number of benzene rings is 2. The second-order valence-electron chi connectivity index (χ2n) is 6.32. The molecule has 5 heteroatoms. The predicted molar refractivity (Wildman–Crippen MR) is 106 cm³/mol. The average Bonchev–Trinajstić information content (AvgIpc) is 2.99. The molecule has 0 N–H and O–H groups in total. The molecule has 0 atom stereocenters. The number of aryl methyl sites for hydroxylation is 1. The molecule has 0 aliphatic rings. The molecular weight excluding hydrogens is 326 g/mol. The van der Waals surface area contributed by atoms with Crippen LogP contribution in [0.2, 0.25) is 0 Å². The summed E-state index contributed by atoms with van der Waals surface area (Å²) >= 11 is 0. The molecule has 4 rings (SSSR count). The Morgan fingerprint density at radius 1 is 1.08 bits per heavy atom. The summed E-state index contributed by atoms with van der Waals surface area (Å²) in [6, 6.07) is 15.5. The van der Waals surface area contributed by atoms with E-state index in [1.807, 2.05) is 48.0 Å². The fraction of sp³-hybridized carbons (Fsp3) is 0.238. The van der Waals surface area contributed by atoms with Crippen LogP contribution in [0.4, 0.5) is 5.69 Å². The van der Waals surface area contributed by atoms with Crippen molar-refractivity contribution in [3.05, 3.63) is 59.0 Å². The van der Waals surface area contributed by atoms with Gasteiger partial charge in [-0.3, -0.25) is 0 Å². The third-order valence-corrected chi connectivity index (χ3v) is 4.88. The summed E-state index contributed by atoms with van der Waals surface area (Å²) in [5.74, 6) is 0.764. The van der Waals surface area contributed by atoms with Crippen LogP contribution in [0.25, 0.3) is 33.4 Å². The first-order valence-electron chi connectivity index (χ1n) is 8.87. The maximum Gasteiger partial charge on any atom is 0.336 e. The third kappa shape index (κ3) is 2.56. The number of hydrogen-bond donors (Lipinski definition) is 0. The van der Waals surface area contributed by atoms with Crippen molar-refractivity contribution in [1.29, 1.82) is 0 Å².